The molecule has 3 N–H and O–H groups in total. The van der Waals surface area contributed by atoms with Crippen molar-refractivity contribution in [1.82, 2.24) is 14.6 Å². The van der Waals surface area contributed by atoms with Crippen LogP contribution >= 0.6 is 0 Å². The number of hydrogen-bond acceptors (Lipinski definition) is 4. The van der Waals surface area contributed by atoms with Gasteiger partial charge in [0.1, 0.15) is 0 Å². The van der Waals surface area contributed by atoms with Gasteiger partial charge in [-0.25, -0.2) is 4.52 Å². The Bertz CT molecular complexity index is 628. The molecule has 0 bridgehead atoms. The molecular formula is C14H19N5O. The first kappa shape index (κ1) is 12.9. The summed E-state index contributed by atoms with van der Waals surface area (Å²) in [7, 11) is 0. The third-order valence-corrected chi connectivity index (χ3v) is 4.01. The lowest BCUT2D eigenvalue weighted by Gasteiger charge is -2.26. The number of nitrogens with one attached hydrogen (secondary N) is 1. The number of pyridine rings is 1. The number of carbonyl (C=O) groups excluding carboxylic acids is 1. The highest BCUT2D eigenvalue weighted by Crippen LogP contribution is 2.25. The summed E-state index contributed by atoms with van der Waals surface area (Å²) in [4.78, 5) is 15.6. The lowest BCUT2D eigenvalue weighted by atomic mass is 9.86. The van der Waals surface area contributed by atoms with Gasteiger partial charge in [0, 0.05) is 17.7 Å². The van der Waals surface area contributed by atoms with E-state index >= 15 is 0 Å². The second-order valence-electron chi connectivity index (χ2n) is 5.47. The van der Waals surface area contributed by atoms with E-state index < -0.39 is 0 Å². The number of carbonyl (C=O) groups is 1. The number of amides is 1. The number of anilines is 1. The van der Waals surface area contributed by atoms with E-state index in [0.717, 1.165) is 37.0 Å². The fraction of sp³-hybridized carbons (Fsp3) is 0.500. The van der Waals surface area contributed by atoms with Crippen LogP contribution in [0.25, 0.3) is 5.65 Å². The number of hydrogen-bond donors (Lipinski definition) is 2. The van der Waals surface area contributed by atoms with E-state index in [2.05, 4.69) is 15.4 Å². The van der Waals surface area contributed by atoms with Crippen LogP contribution in [0.3, 0.4) is 0 Å². The largest absolute Gasteiger partial charge is 0.369 e. The van der Waals surface area contributed by atoms with Gasteiger partial charge in [-0.1, -0.05) is 6.07 Å². The number of primary amides is 1. The molecule has 1 aliphatic rings. The van der Waals surface area contributed by atoms with Crippen molar-refractivity contribution >= 4 is 17.5 Å². The van der Waals surface area contributed by atoms with Crippen molar-refractivity contribution in [3.63, 3.8) is 0 Å². The summed E-state index contributed by atoms with van der Waals surface area (Å²) in [6.07, 6.45) is 3.56. The summed E-state index contributed by atoms with van der Waals surface area (Å²) < 4.78 is 1.83. The molecule has 2 aromatic heterocycles. The zero-order valence-electron chi connectivity index (χ0n) is 11.5. The number of nitrogens with two attached hydrogens (primary N) is 1. The minimum Gasteiger partial charge on any atom is -0.369 e. The topological polar surface area (TPSA) is 85.3 Å². The standard InChI is InChI=1S/C14H19N5O/c1-9-3-2-4-12-17-14(18-19(9)12)16-11-7-5-10(6-8-11)13(15)20/h2-4,10-11H,5-8H2,1H3,(H2,15,20)(H,16,18). The summed E-state index contributed by atoms with van der Waals surface area (Å²) in [5.41, 5.74) is 7.25. The smallest absolute Gasteiger partial charge is 0.243 e. The van der Waals surface area contributed by atoms with E-state index in [0.29, 0.717) is 12.0 Å². The zero-order valence-corrected chi connectivity index (χ0v) is 11.5. The zero-order chi connectivity index (χ0) is 14.1. The predicted octanol–water partition coefficient (Wildman–Crippen LogP) is 1.49. The first-order chi connectivity index (χ1) is 9.63. The Hall–Kier alpha value is -2.11. The summed E-state index contributed by atoms with van der Waals surface area (Å²) in [5, 5.41) is 7.83. The first-order valence-corrected chi connectivity index (χ1v) is 7.02. The molecule has 20 heavy (non-hydrogen) atoms. The summed E-state index contributed by atoms with van der Waals surface area (Å²) >= 11 is 0. The van der Waals surface area contributed by atoms with Crippen molar-refractivity contribution in [2.45, 2.75) is 38.6 Å². The Kier molecular flexibility index (Phi) is 3.30. The van der Waals surface area contributed by atoms with Gasteiger partial charge in [0.2, 0.25) is 11.9 Å². The first-order valence-electron chi connectivity index (χ1n) is 7.02. The summed E-state index contributed by atoms with van der Waals surface area (Å²) in [6.45, 7) is 2.00. The molecule has 0 aliphatic heterocycles. The van der Waals surface area contributed by atoms with Gasteiger partial charge in [-0.05, 0) is 44.7 Å². The second kappa shape index (κ2) is 5.11. The highest BCUT2D eigenvalue weighted by atomic mass is 16.1. The maximum absolute atomic E-state index is 11.1. The lowest BCUT2D eigenvalue weighted by Crippen LogP contribution is -2.32. The van der Waals surface area contributed by atoms with Crippen LogP contribution in [-0.4, -0.2) is 26.5 Å². The molecule has 106 valence electrons. The van der Waals surface area contributed by atoms with Crippen LogP contribution in [-0.2, 0) is 4.79 Å². The number of aryl methyl sites for hydroxylation is 1. The van der Waals surface area contributed by atoms with Gasteiger partial charge in [0.05, 0.1) is 0 Å². The van der Waals surface area contributed by atoms with E-state index in [1.165, 1.54) is 0 Å². The predicted molar refractivity (Wildman–Crippen MR) is 76.3 cm³/mol. The van der Waals surface area contributed by atoms with Crippen molar-refractivity contribution in [2.75, 3.05) is 5.32 Å². The van der Waals surface area contributed by atoms with Gasteiger partial charge in [-0.15, -0.1) is 5.10 Å². The highest BCUT2D eigenvalue weighted by molar-refractivity contribution is 5.76. The maximum atomic E-state index is 11.1. The molecule has 6 nitrogen and oxygen atoms in total. The number of nitrogens with zero attached hydrogens (tertiary/aromatic N) is 3. The molecular weight excluding hydrogens is 254 g/mol. The molecule has 3 rings (SSSR count). The van der Waals surface area contributed by atoms with Gasteiger partial charge < -0.3 is 11.1 Å². The van der Waals surface area contributed by atoms with Crippen LogP contribution in [0.4, 0.5) is 5.95 Å². The Balaban J connectivity index is 1.68. The molecule has 0 unspecified atom stereocenters. The Morgan fingerprint density at radius 3 is 2.75 bits per heavy atom. The van der Waals surface area contributed by atoms with E-state index in [4.69, 9.17) is 5.73 Å². The average Bonchev–Trinajstić information content (AvgIpc) is 2.83. The fourth-order valence-corrected chi connectivity index (χ4v) is 2.80. The van der Waals surface area contributed by atoms with Gasteiger partial charge in [-0.2, -0.15) is 4.98 Å². The van der Waals surface area contributed by atoms with Gasteiger partial charge in [0.15, 0.2) is 5.65 Å². The third-order valence-electron chi connectivity index (χ3n) is 4.01. The number of fused-ring (bicyclic) bond motifs is 1. The second-order valence-corrected chi connectivity index (χ2v) is 5.47. The molecule has 1 fully saturated rings. The maximum Gasteiger partial charge on any atom is 0.243 e. The summed E-state index contributed by atoms with van der Waals surface area (Å²) in [6, 6.07) is 6.24. The monoisotopic (exact) mass is 273 g/mol. The van der Waals surface area contributed by atoms with Gasteiger partial charge in [-0.3, -0.25) is 4.79 Å². The molecule has 6 heteroatoms. The molecule has 1 saturated carbocycles. The van der Waals surface area contributed by atoms with Crippen molar-refractivity contribution in [2.24, 2.45) is 11.7 Å². The van der Waals surface area contributed by atoms with Crippen LogP contribution in [0, 0.1) is 12.8 Å². The number of aromatic nitrogens is 3. The minimum atomic E-state index is -0.176. The fourth-order valence-electron chi connectivity index (χ4n) is 2.80. The third kappa shape index (κ3) is 2.45. The molecule has 2 heterocycles. The quantitative estimate of drug-likeness (QED) is 0.887. The minimum absolute atomic E-state index is 0.0318. The average molecular weight is 273 g/mol. The highest BCUT2D eigenvalue weighted by Gasteiger charge is 2.25. The Morgan fingerprint density at radius 2 is 2.10 bits per heavy atom. The molecule has 1 amide bonds. The molecule has 0 atom stereocenters. The molecule has 0 radical (unpaired) electrons. The molecule has 0 saturated heterocycles. The van der Waals surface area contributed by atoms with Gasteiger partial charge in [0.25, 0.3) is 0 Å². The van der Waals surface area contributed by atoms with Crippen LogP contribution < -0.4 is 11.1 Å². The van der Waals surface area contributed by atoms with Gasteiger partial charge >= 0.3 is 0 Å². The normalized spacial score (nSPS) is 22.9. The van der Waals surface area contributed by atoms with Crippen LogP contribution in [0.5, 0.6) is 0 Å². The Labute approximate surface area is 117 Å². The van der Waals surface area contributed by atoms with Crippen LogP contribution in [0.15, 0.2) is 18.2 Å². The number of rotatable bonds is 3. The summed E-state index contributed by atoms with van der Waals surface area (Å²) in [5.74, 6) is 0.510. The van der Waals surface area contributed by atoms with E-state index in [1.807, 2.05) is 29.6 Å². The van der Waals surface area contributed by atoms with Crippen LogP contribution in [0.2, 0.25) is 0 Å². The lowest BCUT2D eigenvalue weighted by molar-refractivity contribution is -0.122. The van der Waals surface area contributed by atoms with Crippen LogP contribution in [0.1, 0.15) is 31.4 Å². The van der Waals surface area contributed by atoms with E-state index in [9.17, 15) is 4.79 Å². The van der Waals surface area contributed by atoms with Crippen molar-refractivity contribution in [3.8, 4) is 0 Å². The Morgan fingerprint density at radius 1 is 1.35 bits per heavy atom. The molecule has 1 aliphatic carbocycles. The SMILES string of the molecule is Cc1cccc2nc(NC3CCC(C(N)=O)CC3)nn12. The van der Waals surface area contributed by atoms with E-state index in [1.54, 1.807) is 0 Å². The molecule has 0 aromatic carbocycles. The molecule has 2 aromatic rings. The van der Waals surface area contributed by atoms with Crippen molar-refractivity contribution in [3.05, 3.63) is 23.9 Å². The molecule has 0 spiro atoms. The van der Waals surface area contributed by atoms with E-state index in [-0.39, 0.29) is 11.8 Å². The van der Waals surface area contributed by atoms with Crippen molar-refractivity contribution in [1.29, 1.82) is 0 Å². The van der Waals surface area contributed by atoms with Crippen molar-refractivity contribution < 1.29 is 4.79 Å².